The highest BCUT2D eigenvalue weighted by atomic mass is 19.1. The number of aromatic nitrogens is 4. The SMILES string of the molecule is CCn1cc(CN2CCCC[C@@H]2c2nc(N(C)C)ncc2-c2ccc(F)cc2)cn1. The van der Waals surface area contributed by atoms with Crippen LogP contribution in [0, 0.1) is 5.82 Å². The summed E-state index contributed by atoms with van der Waals surface area (Å²) in [5.74, 6) is 0.457. The minimum Gasteiger partial charge on any atom is -0.347 e. The Kier molecular flexibility index (Phi) is 6.08. The van der Waals surface area contributed by atoms with Crippen molar-refractivity contribution in [1.82, 2.24) is 24.6 Å². The first-order valence-corrected chi connectivity index (χ1v) is 10.6. The summed E-state index contributed by atoms with van der Waals surface area (Å²) < 4.78 is 15.5. The molecular weight excluding hydrogens is 379 g/mol. The first-order chi connectivity index (χ1) is 14.5. The van der Waals surface area contributed by atoms with E-state index >= 15 is 0 Å². The van der Waals surface area contributed by atoms with Gasteiger partial charge in [-0.3, -0.25) is 9.58 Å². The van der Waals surface area contributed by atoms with E-state index in [1.807, 2.05) is 48.2 Å². The summed E-state index contributed by atoms with van der Waals surface area (Å²) in [6, 6.07) is 6.80. The van der Waals surface area contributed by atoms with Crippen LogP contribution in [0.2, 0.25) is 0 Å². The monoisotopic (exact) mass is 408 g/mol. The zero-order valence-corrected chi connectivity index (χ0v) is 17.9. The van der Waals surface area contributed by atoms with Gasteiger partial charge in [0.15, 0.2) is 0 Å². The van der Waals surface area contributed by atoms with Crippen LogP contribution in [0.4, 0.5) is 10.3 Å². The molecule has 0 spiro atoms. The van der Waals surface area contributed by atoms with Crippen molar-refractivity contribution in [1.29, 1.82) is 0 Å². The lowest BCUT2D eigenvalue weighted by Gasteiger charge is -2.36. The van der Waals surface area contributed by atoms with E-state index in [1.54, 1.807) is 0 Å². The number of likely N-dealkylation sites (tertiary alicyclic amines) is 1. The van der Waals surface area contributed by atoms with Crippen LogP contribution in [0.1, 0.15) is 43.5 Å². The molecule has 3 aromatic rings. The second-order valence-electron chi connectivity index (χ2n) is 8.06. The van der Waals surface area contributed by atoms with Crippen LogP contribution in [0.3, 0.4) is 0 Å². The first kappa shape index (κ1) is 20.5. The molecule has 6 nitrogen and oxygen atoms in total. The quantitative estimate of drug-likeness (QED) is 0.609. The van der Waals surface area contributed by atoms with Crippen LogP contribution in [-0.2, 0) is 13.1 Å². The summed E-state index contributed by atoms with van der Waals surface area (Å²) in [4.78, 5) is 13.9. The Morgan fingerprint density at radius 1 is 1.13 bits per heavy atom. The lowest BCUT2D eigenvalue weighted by Crippen LogP contribution is -2.34. The number of aryl methyl sites for hydroxylation is 1. The molecule has 2 aromatic heterocycles. The highest BCUT2D eigenvalue weighted by Crippen LogP contribution is 2.37. The molecule has 0 aliphatic carbocycles. The summed E-state index contributed by atoms with van der Waals surface area (Å²) in [6.07, 6.45) is 9.35. The van der Waals surface area contributed by atoms with E-state index in [-0.39, 0.29) is 11.9 Å². The van der Waals surface area contributed by atoms with Gasteiger partial charge in [-0.25, -0.2) is 14.4 Å². The maximum atomic E-state index is 13.5. The highest BCUT2D eigenvalue weighted by Gasteiger charge is 2.28. The van der Waals surface area contributed by atoms with Gasteiger partial charge in [-0.2, -0.15) is 5.10 Å². The number of halogens is 1. The van der Waals surface area contributed by atoms with Gasteiger partial charge in [0, 0.05) is 50.7 Å². The van der Waals surface area contributed by atoms with Crippen LogP contribution in [-0.4, -0.2) is 45.3 Å². The molecule has 4 rings (SSSR count). The minimum atomic E-state index is -0.238. The van der Waals surface area contributed by atoms with Gasteiger partial charge in [-0.1, -0.05) is 18.6 Å². The topological polar surface area (TPSA) is 50.1 Å². The lowest BCUT2D eigenvalue weighted by atomic mass is 9.93. The molecule has 0 amide bonds. The van der Waals surface area contributed by atoms with E-state index in [9.17, 15) is 4.39 Å². The van der Waals surface area contributed by atoms with Crippen molar-refractivity contribution in [2.75, 3.05) is 25.5 Å². The van der Waals surface area contributed by atoms with Gasteiger partial charge in [-0.05, 0) is 44.0 Å². The second kappa shape index (κ2) is 8.92. The summed E-state index contributed by atoms with van der Waals surface area (Å²) >= 11 is 0. The molecular formula is C23H29FN6. The van der Waals surface area contributed by atoms with Gasteiger partial charge in [0.05, 0.1) is 17.9 Å². The molecule has 1 aromatic carbocycles. The van der Waals surface area contributed by atoms with E-state index < -0.39 is 0 Å². The number of benzene rings is 1. The van der Waals surface area contributed by atoms with Crippen LogP contribution in [0.25, 0.3) is 11.1 Å². The molecule has 30 heavy (non-hydrogen) atoms. The molecule has 0 N–H and O–H groups in total. The molecule has 3 heterocycles. The molecule has 1 fully saturated rings. The third kappa shape index (κ3) is 4.36. The van der Waals surface area contributed by atoms with Gasteiger partial charge in [-0.15, -0.1) is 0 Å². The predicted octanol–water partition coefficient (Wildman–Crippen LogP) is 4.29. The third-order valence-electron chi connectivity index (χ3n) is 5.69. The molecule has 7 heteroatoms. The van der Waals surface area contributed by atoms with Crippen LogP contribution in [0.5, 0.6) is 0 Å². The zero-order valence-electron chi connectivity index (χ0n) is 17.9. The standard InChI is InChI=1S/C23H29FN6/c1-4-30-16-17(13-26-30)15-29-12-6-5-7-21(29)22-20(14-25-23(27-22)28(2)3)18-8-10-19(24)11-9-18/h8-11,13-14,16,21H,4-7,12,15H2,1-3H3/t21-/m1/s1. The predicted molar refractivity (Wildman–Crippen MR) is 117 cm³/mol. The smallest absolute Gasteiger partial charge is 0.225 e. The van der Waals surface area contributed by atoms with Crippen LogP contribution < -0.4 is 4.90 Å². The van der Waals surface area contributed by atoms with Crippen LogP contribution in [0.15, 0.2) is 42.9 Å². The van der Waals surface area contributed by atoms with Crippen molar-refractivity contribution in [3.05, 3.63) is 59.9 Å². The molecule has 158 valence electrons. The summed E-state index contributed by atoms with van der Waals surface area (Å²) in [5, 5.41) is 4.43. The molecule has 1 aliphatic heterocycles. The largest absolute Gasteiger partial charge is 0.347 e. The first-order valence-electron chi connectivity index (χ1n) is 10.6. The Morgan fingerprint density at radius 2 is 1.93 bits per heavy atom. The van der Waals surface area contributed by atoms with Crippen molar-refractivity contribution in [2.45, 2.75) is 45.3 Å². The molecule has 0 radical (unpaired) electrons. The Balaban J connectivity index is 1.72. The van der Waals surface area contributed by atoms with Crippen molar-refractivity contribution >= 4 is 5.95 Å². The van der Waals surface area contributed by atoms with E-state index in [2.05, 4.69) is 28.1 Å². The fraction of sp³-hybridized carbons (Fsp3) is 0.435. The summed E-state index contributed by atoms with van der Waals surface area (Å²) in [5.41, 5.74) is 4.15. The lowest BCUT2D eigenvalue weighted by molar-refractivity contribution is 0.137. The molecule has 1 atom stereocenters. The van der Waals surface area contributed by atoms with Gasteiger partial charge >= 0.3 is 0 Å². The molecule has 1 saturated heterocycles. The number of hydrogen-bond donors (Lipinski definition) is 0. The fourth-order valence-electron chi connectivity index (χ4n) is 4.09. The zero-order chi connectivity index (χ0) is 21.1. The Bertz CT molecular complexity index is 982. The molecule has 0 saturated carbocycles. The highest BCUT2D eigenvalue weighted by molar-refractivity contribution is 5.66. The van der Waals surface area contributed by atoms with Crippen molar-refractivity contribution in [3.63, 3.8) is 0 Å². The van der Waals surface area contributed by atoms with E-state index in [4.69, 9.17) is 4.98 Å². The van der Waals surface area contributed by atoms with E-state index in [0.717, 1.165) is 42.9 Å². The normalized spacial score (nSPS) is 17.3. The average Bonchev–Trinajstić information content (AvgIpc) is 3.22. The number of rotatable bonds is 6. The van der Waals surface area contributed by atoms with Gasteiger partial charge in [0.25, 0.3) is 0 Å². The van der Waals surface area contributed by atoms with E-state index in [1.165, 1.54) is 30.5 Å². The molecule has 0 bridgehead atoms. The number of piperidine rings is 1. The summed E-state index contributed by atoms with van der Waals surface area (Å²) in [6.45, 7) is 4.83. The van der Waals surface area contributed by atoms with Gasteiger partial charge < -0.3 is 4.90 Å². The maximum absolute atomic E-state index is 13.5. The Labute approximate surface area is 177 Å². The van der Waals surface area contributed by atoms with Crippen molar-refractivity contribution < 1.29 is 4.39 Å². The Hall–Kier alpha value is -2.80. The van der Waals surface area contributed by atoms with E-state index in [0.29, 0.717) is 5.95 Å². The average molecular weight is 409 g/mol. The van der Waals surface area contributed by atoms with Crippen molar-refractivity contribution in [2.24, 2.45) is 0 Å². The second-order valence-corrected chi connectivity index (χ2v) is 8.06. The van der Waals surface area contributed by atoms with Crippen molar-refractivity contribution in [3.8, 4) is 11.1 Å². The molecule has 0 unspecified atom stereocenters. The Morgan fingerprint density at radius 3 is 2.63 bits per heavy atom. The summed E-state index contributed by atoms with van der Waals surface area (Å²) in [7, 11) is 3.91. The van der Waals surface area contributed by atoms with Gasteiger partial charge in [0.1, 0.15) is 5.82 Å². The molecule has 1 aliphatic rings. The van der Waals surface area contributed by atoms with Crippen LogP contribution >= 0.6 is 0 Å². The number of anilines is 1. The fourth-order valence-corrected chi connectivity index (χ4v) is 4.09. The number of nitrogens with zero attached hydrogens (tertiary/aromatic N) is 6. The maximum Gasteiger partial charge on any atom is 0.225 e. The number of hydrogen-bond acceptors (Lipinski definition) is 5. The minimum absolute atomic E-state index is 0.186. The third-order valence-corrected chi connectivity index (χ3v) is 5.69. The van der Waals surface area contributed by atoms with Gasteiger partial charge in [0.2, 0.25) is 5.95 Å².